The van der Waals surface area contributed by atoms with Gasteiger partial charge in [-0.15, -0.1) is 0 Å². The number of hydrogen-bond acceptors (Lipinski definition) is 4. The molecule has 1 heterocycles. The summed E-state index contributed by atoms with van der Waals surface area (Å²) < 4.78 is 2.55. The van der Waals surface area contributed by atoms with Crippen molar-refractivity contribution in [3.63, 3.8) is 0 Å². The highest BCUT2D eigenvalue weighted by atomic mass is 16.2. The fraction of sp³-hybridized carbons (Fsp3) is 0.448. The van der Waals surface area contributed by atoms with Crippen LogP contribution in [0.3, 0.4) is 0 Å². The molecule has 0 unspecified atom stereocenters. The zero-order valence-electron chi connectivity index (χ0n) is 22.0. The molecule has 198 valence electrons. The molecule has 8 heteroatoms. The first kappa shape index (κ1) is 27.9. The van der Waals surface area contributed by atoms with Crippen LogP contribution in [-0.2, 0) is 29.1 Å². The maximum atomic E-state index is 13.3. The number of hydrogen-bond donors (Lipinski definition) is 2. The van der Waals surface area contributed by atoms with Crippen molar-refractivity contribution in [3.8, 4) is 0 Å². The Hall–Kier alpha value is -3.68. The third-order valence-electron chi connectivity index (χ3n) is 6.29. The van der Waals surface area contributed by atoms with Gasteiger partial charge in [-0.25, -0.2) is 4.79 Å². The minimum absolute atomic E-state index is 0.0324. The Bertz CT molecular complexity index is 1310. The third-order valence-corrected chi connectivity index (χ3v) is 6.29. The second-order valence-corrected chi connectivity index (χ2v) is 9.99. The third kappa shape index (κ3) is 8.17. The first-order valence-electron chi connectivity index (χ1n) is 13.1. The molecule has 1 aromatic heterocycles. The lowest BCUT2D eigenvalue weighted by Gasteiger charge is -2.17. The summed E-state index contributed by atoms with van der Waals surface area (Å²) >= 11 is 0. The monoisotopic (exact) mass is 506 g/mol. The van der Waals surface area contributed by atoms with Gasteiger partial charge in [-0.2, -0.15) is 0 Å². The topological polar surface area (TPSA) is 102 Å². The van der Waals surface area contributed by atoms with Crippen molar-refractivity contribution in [2.45, 2.75) is 72.0 Å². The molecule has 1 atom stereocenters. The van der Waals surface area contributed by atoms with E-state index in [9.17, 15) is 19.2 Å². The van der Waals surface area contributed by atoms with Gasteiger partial charge in [0, 0.05) is 25.6 Å². The highest BCUT2D eigenvalue weighted by Crippen LogP contribution is 2.09. The van der Waals surface area contributed by atoms with Gasteiger partial charge in [-0.3, -0.25) is 23.5 Å². The lowest BCUT2D eigenvalue weighted by Crippen LogP contribution is -2.44. The van der Waals surface area contributed by atoms with E-state index in [1.165, 1.54) is 14.7 Å². The number of benzene rings is 2. The van der Waals surface area contributed by atoms with Crippen LogP contribution in [0.4, 0.5) is 0 Å². The van der Waals surface area contributed by atoms with Crippen LogP contribution in [0.2, 0.25) is 0 Å². The second kappa shape index (κ2) is 13.6. The smallest absolute Gasteiger partial charge is 0.331 e. The van der Waals surface area contributed by atoms with Gasteiger partial charge in [-0.1, -0.05) is 56.3 Å². The molecule has 2 aromatic carbocycles. The van der Waals surface area contributed by atoms with Crippen molar-refractivity contribution in [2.24, 2.45) is 5.92 Å². The molecule has 0 aliphatic heterocycles. The molecule has 2 amide bonds. The molecule has 8 nitrogen and oxygen atoms in total. The maximum absolute atomic E-state index is 13.3. The minimum atomic E-state index is -0.514. The molecule has 0 saturated carbocycles. The van der Waals surface area contributed by atoms with Crippen LogP contribution in [0.5, 0.6) is 0 Å². The molecule has 2 N–H and O–H groups in total. The van der Waals surface area contributed by atoms with E-state index in [4.69, 9.17) is 0 Å². The van der Waals surface area contributed by atoms with E-state index >= 15 is 0 Å². The predicted octanol–water partition coefficient (Wildman–Crippen LogP) is 3.24. The molecule has 0 saturated heterocycles. The largest absolute Gasteiger partial charge is 0.356 e. The van der Waals surface area contributed by atoms with Crippen molar-refractivity contribution in [3.05, 3.63) is 81.0 Å². The highest BCUT2D eigenvalue weighted by Gasteiger charge is 2.16. The standard InChI is InChI=1S/C29H38N4O4/c1-21(2)19-30-26(34)15-9-10-18-32-28(36)24-13-7-8-14-25(24)33(29(32)37)20-27(35)31-22(3)16-17-23-11-5-4-6-12-23/h4-8,11-14,21-22H,9-10,15-20H2,1-3H3,(H,30,34)(H,31,35)/t22-/m1/s1. The Labute approximate surface area is 217 Å². The van der Waals surface area contributed by atoms with E-state index in [2.05, 4.69) is 22.8 Å². The number of amides is 2. The summed E-state index contributed by atoms with van der Waals surface area (Å²) in [5, 5.41) is 6.24. The van der Waals surface area contributed by atoms with E-state index in [0.29, 0.717) is 42.6 Å². The van der Waals surface area contributed by atoms with E-state index in [-0.39, 0.29) is 36.5 Å². The fourth-order valence-electron chi connectivity index (χ4n) is 4.25. The van der Waals surface area contributed by atoms with E-state index < -0.39 is 5.69 Å². The fourth-order valence-corrected chi connectivity index (χ4v) is 4.25. The van der Waals surface area contributed by atoms with Gasteiger partial charge >= 0.3 is 5.69 Å². The van der Waals surface area contributed by atoms with Gasteiger partial charge in [-0.05, 0) is 56.2 Å². The summed E-state index contributed by atoms with van der Waals surface area (Å²) in [4.78, 5) is 51.2. The molecule has 3 aromatic rings. The van der Waals surface area contributed by atoms with Crippen molar-refractivity contribution < 1.29 is 9.59 Å². The molecule has 0 aliphatic rings. The van der Waals surface area contributed by atoms with E-state index in [1.807, 2.05) is 39.0 Å². The number of rotatable bonds is 13. The summed E-state index contributed by atoms with van der Waals surface area (Å²) in [6, 6.07) is 16.9. The number of unbranched alkanes of at least 4 members (excludes halogenated alkanes) is 1. The van der Waals surface area contributed by atoms with Crippen LogP contribution in [-0.4, -0.2) is 33.5 Å². The number of carbonyl (C=O) groups is 2. The number of aromatic nitrogens is 2. The van der Waals surface area contributed by atoms with Crippen LogP contribution in [0.15, 0.2) is 64.2 Å². The van der Waals surface area contributed by atoms with Crippen molar-refractivity contribution >= 4 is 22.7 Å². The van der Waals surface area contributed by atoms with Gasteiger partial charge in [0.1, 0.15) is 6.54 Å². The van der Waals surface area contributed by atoms with Crippen LogP contribution in [0.25, 0.3) is 10.9 Å². The van der Waals surface area contributed by atoms with Gasteiger partial charge in [0.05, 0.1) is 10.9 Å². The van der Waals surface area contributed by atoms with Crippen LogP contribution in [0.1, 0.15) is 52.0 Å². The molecule has 0 radical (unpaired) electrons. The molecular formula is C29H38N4O4. The van der Waals surface area contributed by atoms with Crippen molar-refractivity contribution in [2.75, 3.05) is 6.54 Å². The minimum Gasteiger partial charge on any atom is -0.356 e. The lowest BCUT2D eigenvalue weighted by atomic mass is 10.1. The molecule has 0 bridgehead atoms. The van der Waals surface area contributed by atoms with Gasteiger partial charge in [0.25, 0.3) is 5.56 Å². The number of para-hydroxylation sites is 1. The average Bonchev–Trinajstić information content (AvgIpc) is 2.88. The number of nitrogens with one attached hydrogen (secondary N) is 2. The molecule has 37 heavy (non-hydrogen) atoms. The van der Waals surface area contributed by atoms with Gasteiger partial charge in [0.2, 0.25) is 11.8 Å². The maximum Gasteiger partial charge on any atom is 0.331 e. The normalized spacial score (nSPS) is 12.0. The average molecular weight is 507 g/mol. The zero-order valence-corrected chi connectivity index (χ0v) is 22.0. The van der Waals surface area contributed by atoms with E-state index in [1.54, 1.807) is 24.3 Å². The number of carbonyl (C=O) groups excluding carboxylic acids is 2. The summed E-state index contributed by atoms with van der Waals surface area (Å²) in [5.74, 6) is 0.0671. The highest BCUT2D eigenvalue weighted by molar-refractivity contribution is 5.81. The lowest BCUT2D eigenvalue weighted by molar-refractivity contribution is -0.122. The Morgan fingerprint density at radius 1 is 0.865 bits per heavy atom. The Morgan fingerprint density at radius 3 is 2.30 bits per heavy atom. The van der Waals surface area contributed by atoms with Gasteiger partial charge < -0.3 is 10.6 Å². The summed E-state index contributed by atoms with van der Waals surface area (Å²) in [6.45, 7) is 6.65. The number of aryl methyl sites for hydroxylation is 1. The summed E-state index contributed by atoms with van der Waals surface area (Å²) in [6.07, 6.45) is 3.01. The van der Waals surface area contributed by atoms with Crippen molar-refractivity contribution in [1.29, 1.82) is 0 Å². The van der Waals surface area contributed by atoms with Gasteiger partial charge in [0.15, 0.2) is 0 Å². The SMILES string of the molecule is CC(C)CNC(=O)CCCCn1c(=O)c2ccccc2n(CC(=O)N[C@H](C)CCc2ccccc2)c1=O. The zero-order chi connectivity index (χ0) is 26.8. The number of nitrogens with zero attached hydrogens (tertiary/aromatic N) is 2. The number of fused-ring (bicyclic) bond motifs is 1. The quantitative estimate of drug-likeness (QED) is 0.348. The molecule has 3 rings (SSSR count). The van der Waals surface area contributed by atoms with Crippen molar-refractivity contribution in [1.82, 2.24) is 19.8 Å². The summed E-state index contributed by atoms with van der Waals surface area (Å²) in [7, 11) is 0. The predicted molar refractivity (Wildman–Crippen MR) is 147 cm³/mol. The molecule has 0 fully saturated rings. The molecule has 0 aliphatic carbocycles. The summed E-state index contributed by atoms with van der Waals surface area (Å²) in [5.41, 5.74) is 0.752. The van der Waals surface area contributed by atoms with Crippen LogP contribution >= 0.6 is 0 Å². The Balaban J connectivity index is 1.67. The first-order chi connectivity index (χ1) is 17.8. The van der Waals surface area contributed by atoms with Crippen LogP contribution in [0, 0.1) is 5.92 Å². The molecule has 0 spiro atoms. The first-order valence-corrected chi connectivity index (χ1v) is 13.1. The van der Waals surface area contributed by atoms with E-state index in [0.717, 1.165) is 12.8 Å². The molecular weight excluding hydrogens is 468 g/mol. The Kier molecular flexibility index (Phi) is 10.2. The van der Waals surface area contributed by atoms with Crippen LogP contribution < -0.4 is 21.9 Å². The second-order valence-electron chi connectivity index (χ2n) is 9.99. The Morgan fingerprint density at radius 2 is 1.57 bits per heavy atom.